The van der Waals surface area contributed by atoms with E-state index in [-0.39, 0.29) is 0 Å². The summed E-state index contributed by atoms with van der Waals surface area (Å²) in [4.78, 5) is 8.74. The molecule has 0 aliphatic rings. The van der Waals surface area contributed by atoms with Gasteiger partial charge in [-0.1, -0.05) is 42.5 Å². The Hall–Kier alpha value is -3.08. The third kappa shape index (κ3) is 4.23. The first kappa shape index (κ1) is 15.8. The normalized spacial score (nSPS) is 10.2. The number of anilines is 3. The lowest BCUT2D eigenvalue weighted by atomic mass is 10.1. The molecule has 2 N–H and O–H groups in total. The summed E-state index contributed by atoms with van der Waals surface area (Å²) in [5.74, 6) is 2.08. The van der Waals surface area contributed by atoms with Gasteiger partial charge in [-0.25, -0.2) is 4.98 Å². The van der Waals surface area contributed by atoms with Gasteiger partial charge in [0.15, 0.2) is 0 Å². The first-order valence-electron chi connectivity index (χ1n) is 7.86. The first-order valence-corrected chi connectivity index (χ1v) is 7.86. The van der Waals surface area contributed by atoms with Crippen LogP contribution in [0.25, 0.3) is 0 Å². The Morgan fingerprint density at radius 1 is 0.958 bits per heavy atom. The summed E-state index contributed by atoms with van der Waals surface area (Å²) in [5, 5.41) is 6.51. The first-order chi connectivity index (χ1) is 11.8. The van der Waals surface area contributed by atoms with E-state index in [1.807, 2.05) is 36.4 Å². The maximum absolute atomic E-state index is 5.33. The van der Waals surface area contributed by atoms with Gasteiger partial charge in [-0.2, -0.15) is 4.98 Å². The van der Waals surface area contributed by atoms with Crippen LogP contribution >= 0.6 is 0 Å². The molecule has 1 aromatic heterocycles. The number of para-hydroxylation sites is 2. The Morgan fingerprint density at radius 3 is 2.58 bits per heavy atom. The fraction of sp³-hybridized carbons (Fsp3) is 0.158. The van der Waals surface area contributed by atoms with Crippen molar-refractivity contribution in [2.75, 3.05) is 24.3 Å². The van der Waals surface area contributed by atoms with Gasteiger partial charge in [0.2, 0.25) is 5.95 Å². The molecule has 0 amide bonds. The second kappa shape index (κ2) is 7.97. The summed E-state index contributed by atoms with van der Waals surface area (Å²) in [6.07, 6.45) is 2.68. The standard InChI is InChI=1S/C19H20N4O/c1-24-17-10-6-5-9-16(17)22-19-21-14-12-18(23-19)20-13-11-15-7-3-2-4-8-15/h2-10,12,14H,11,13H2,1H3,(H2,20,21,22,23). The number of nitrogens with one attached hydrogen (secondary N) is 2. The molecule has 0 aliphatic carbocycles. The van der Waals surface area contributed by atoms with Crippen molar-refractivity contribution < 1.29 is 4.74 Å². The number of benzene rings is 2. The molecule has 0 spiro atoms. The second-order valence-corrected chi connectivity index (χ2v) is 5.25. The van der Waals surface area contributed by atoms with E-state index in [1.165, 1.54) is 5.56 Å². The van der Waals surface area contributed by atoms with Crippen LogP contribution in [0.1, 0.15) is 5.56 Å². The zero-order valence-corrected chi connectivity index (χ0v) is 13.6. The Bertz CT molecular complexity index is 777. The van der Waals surface area contributed by atoms with Crippen molar-refractivity contribution in [1.82, 2.24) is 9.97 Å². The minimum atomic E-state index is 0.532. The van der Waals surface area contributed by atoms with Crippen molar-refractivity contribution in [1.29, 1.82) is 0 Å². The quantitative estimate of drug-likeness (QED) is 0.692. The topological polar surface area (TPSA) is 59.1 Å². The van der Waals surface area contributed by atoms with Gasteiger partial charge >= 0.3 is 0 Å². The second-order valence-electron chi connectivity index (χ2n) is 5.25. The van der Waals surface area contributed by atoms with Crippen LogP contribution < -0.4 is 15.4 Å². The highest BCUT2D eigenvalue weighted by atomic mass is 16.5. The summed E-state index contributed by atoms with van der Waals surface area (Å²) in [7, 11) is 1.64. The molecule has 5 nitrogen and oxygen atoms in total. The van der Waals surface area contributed by atoms with Gasteiger partial charge < -0.3 is 15.4 Å². The third-order valence-corrected chi connectivity index (χ3v) is 3.57. The van der Waals surface area contributed by atoms with Gasteiger partial charge in [0.05, 0.1) is 12.8 Å². The average molecular weight is 320 g/mol. The lowest BCUT2D eigenvalue weighted by Gasteiger charge is -2.11. The third-order valence-electron chi connectivity index (χ3n) is 3.57. The Balaban J connectivity index is 1.61. The average Bonchev–Trinajstić information content (AvgIpc) is 2.63. The lowest BCUT2D eigenvalue weighted by molar-refractivity contribution is 0.417. The number of hydrogen-bond acceptors (Lipinski definition) is 5. The molecular weight excluding hydrogens is 300 g/mol. The van der Waals surface area contributed by atoms with Crippen molar-refractivity contribution in [3.63, 3.8) is 0 Å². The molecule has 0 aliphatic heterocycles. The fourth-order valence-corrected chi connectivity index (χ4v) is 2.37. The van der Waals surface area contributed by atoms with Gasteiger partial charge in [0, 0.05) is 12.7 Å². The molecule has 122 valence electrons. The number of aromatic nitrogens is 2. The monoisotopic (exact) mass is 320 g/mol. The van der Waals surface area contributed by atoms with Crippen LogP contribution in [-0.2, 0) is 6.42 Å². The van der Waals surface area contributed by atoms with Crippen molar-refractivity contribution in [2.45, 2.75) is 6.42 Å². The Morgan fingerprint density at radius 2 is 1.75 bits per heavy atom. The molecule has 3 rings (SSSR count). The molecular formula is C19H20N4O. The molecule has 0 radical (unpaired) electrons. The minimum Gasteiger partial charge on any atom is -0.495 e. The van der Waals surface area contributed by atoms with E-state index < -0.39 is 0 Å². The highest BCUT2D eigenvalue weighted by Crippen LogP contribution is 2.25. The predicted octanol–water partition coefficient (Wildman–Crippen LogP) is 3.88. The number of rotatable bonds is 7. The summed E-state index contributed by atoms with van der Waals surface area (Å²) >= 11 is 0. The summed E-state index contributed by atoms with van der Waals surface area (Å²) < 4.78 is 5.33. The van der Waals surface area contributed by atoms with E-state index in [2.05, 4.69) is 44.9 Å². The van der Waals surface area contributed by atoms with Crippen LogP contribution in [0, 0.1) is 0 Å². The Kier molecular flexibility index (Phi) is 5.24. The molecule has 24 heavy (non-hydrogen) atoms. The molecule has 1 heterocycles. The fourth-order valence-electron chi connectivity index (χ4n) is 2.37. The van der Waals surface area contributed by atoms with E-state index >= 15 is 0 Å². The van der Waals surface area contributed by atoms with Crippen molar-refractivity contribution >= 4 is 17.5 Å². The zero-order valence-electron chi connectivity index (χ0n) is 13.6. The van der Waals surface area contributed by atoms with Gasteiger partial charge in [-0.3, -0.25) is 0 Å². The number of nitrogens with zero attached hydrogens (tertiary/aromatic N) is 2. The SMILES string of the molecule is COc1ccccc1Nc1nccc(NCCc2ccccc2)n1. The van der Waals surface area contributed by atoms with E-state index in [4.69, 9.17) is 4.74 Å². The van der Waals surface area contributed by atoms with Gasteiger partial charge in [0.1, 0.15) is 11.6 Å². The van der Waals surface area contributed by atoms with E-state index in [1.54, 1.807) is 13.3 Å². The van der Waals surface area contributed by atoms with Crippen molar-refractivity contribution in [3.05, 3.63) is 72.4 Å². The van der Waals surface area contributed by atoms with Crippen molar-refractivity contribution in [2.24, 2.45) is 0 Å². The van der Waals surface area contributed by atoms with Crippen LogP contribution in [0.15, 0.2) is 66.9 Å². The lowest BCUT2D eigenvalue weighted by Crippen LogP contribution is -2.08. The van der Waals surface area contributed by atoms with Gasteiger partial charge in [0.25, 0.3) is 0 Å². The minimum absolute atomic E-state index is 0.532. The van der Waals surface area contributed by atoms with Gasteiger partial charge in [-0.05, 0) is 30.2 Å². The van der Waals surface area contributed by atoms with E-state index in [0.29, 0.717) is 5.95 Å². The molecule has 0 bridgehead atoms. The van der Waals surface area contributed by atoms with Crippen LogP contribution in [0.2, 0.25) is 0 Å². The van der Waals surface area contributed by atoms with Crippen LogP contribution in [0.5, 0.6) is 5.75 Å². The maximum atomic E-state index is 5.33. The largest absolute Gasteiger partial charge is 0.495 e. The van der Waals surface area contributed by atoms with Crippen LogP contribution in [-0.4, -0.2) is 23.6 Å². The molecule has 3 aromatic rings. The number of ether oxygens (including phenoxy) is 1. The molecule has 0 fully saturated rings. The highest BCUT2D eigenvalue weighted by Gasteiger charge is 2.04. The molecule has 0 saturated heterocycles. The zero-order chi connectivity index (χ0) is 16.6. The Labute approximate surface area is 141 Å². The molecule has 0 unspecified atom stereocenters. The van der Waals surface area contributed by atoms with Gasteiger partial charge in [-0.15, -0.1) is 0 Å². The van der Waals surface area contributed by atoms with E-state index in [0.717, 1.165) is 30.2 Å². The molecule has 2 aromatic carbocycles. The maximum Gasteiger partial charge on any atom is 0.229 e. The smallest absolute Gasteiger partial charge is 0.229 e. The van der Waals surface area contributed by atoms with E-state index in [9.17, 15) is 0 Å². The molecule has 5 heteroatoms. The van der Waals surface area contributed by atoms with Crippen molar-refractivity contribution in [3.8, 4) is 5.75 Å². The summed E-state index contributed by atoms with van der Waals surface area (Å²) in [6, 6.07) is 19.9. The molecule has 0 saturated carbocycles. The summed E-state index contributed by atoms with van der Waals surface area (Å²) in [5.41, 5.74) is 2.13. The predicted molar refractivity (Wildman–Crippen MR) is 96.9 cm³/mol. The summed E-state index contributed by atoms with van der Waals surface area (Å²) in [6.45, 7) is 0.815. The number of methoxy groups -OCH3 is 1. The van der Waals surface area contributed by atoms with Crippen LogP contribution in [0.3, 0.4) is 0 Å². The number of hydrogen-bond donors (Lipinski definition) is 2. The molecule has 0 atom stereocenters. The van der Waals surface area contributed by atoms with Crippen LogP contribution in [0.4, 0.5) is 17.5 Å². The highest BCUT2D eigenvalue weighted by molar-refractivity contribution is 5.62.